The van der Waals surface area contributed by atoms with Gasteiger partial charge in [0.2, 0.25) is 0 Å². The van der Waals surface area contributed by atoms with Crippen molar-refractivity contribution in [2.45, 2.75) is 18.3 Å². The fourth-order valence-electron chi connectivity index (χ4n) is 0.861. The molecule has 2 nitrogen and oxygen atoms in total. The predicted octanol–water partition coefficient (Wildman–Crippen LogP) is -0.275. The van der Waals surface area contributed by atoms with E-state index < -0.39 is 0 Å². The maximum absolute atomic E-state index is 8.50. The van der Waals surface area contributed by atoms with Crippen molar-refractivity contribution in [2.75, 3.05) is 13.2 Å². The van der Waals surface area contributed by atoms with Gasteiger partial charge in [0.1, 0.15) is 0 Å². The van der Waals surface area contributed by atoms with Crippen LogP contribution >= 0.6 is 0 Å². The number of ether oxygens (including phenoxy) is 1. The van der Waals surface area contributed by atoms with Gasteiger partial charge < -0.3 is 9.84 Å². The fraction of sp³-hybridized carbons (Fsp3) is 1.00. The van der Waals surface area contributed by atoms with Crippen molar-refractivity contribution in [1.29, 1.82) is 0 Å². The maximum Gasteiger partial charge on any atom is 0.0801 e. The Balaban J connectivity index is 2.22. The normalized spacial score (nSPS) is 38.1. The zero-order chi connectivity index (χ0) is 5.98. The highest BCUT2D eigenvalue weighted by molar-refractivity contribution is 6.11. The summed E-state index contributed by atoms with van der Waals surface area (Å²) in [5, 5.41) is 8.50. The van der Waals surface area contributed by atoms with Crippen LogP contribution in [0.5, 0.6) is 0 Å². The summed E-state index contributed by atoms with van der Waals surface area (Å²) in [6, 6.07) is 0. The lowest BCUT2D eigenvalue weighted by atomic mass is 9.86. The first-order chi connectivity index (χ1) is 3.83. The Morgan fingerprint density at radius 1 is 1.75 bits per heavy atom. The second kappa shape index (κ2) is 2.51. The zero-order valence-electron chi connectivity index (χ0n) is 4.71. The standard InChI is InChI=1S/C5H9BO2/c6-4-1-5(2-7)8-3-4/h4-5,7H,1-3H2. The van der Waals surface area contributed by atoms with E-state index in [0.29, 0.717) is 6.61 Å². The quantitative estimate of drug-likeness (QED) is 0.473. The Hall–Kier alpha value is -0.0151. The van der Waals surface area contributed by atoms with Crippen LogP contribution in [0.4, 0.5) is 0 Å². The molecule has 2 radical (unpaired) electrons. The Bertz CT molecular complexity index is 76.8. The largest absolute Gasteiger partial charge is 0.394 e. The van der Waals surface area contributed by atoms with Crippen molar-refractivity contribution in [2.24, 2.45) is 0 Å². The molecule has 0 aromatic carbocycles. The Kier molecular flexibility index (Phi) is 1.92. The first-order valence-corrected chi connectivity index (χ1v) is 2.81. The van der Waals surface area contributed by atoms with E-state index in [-0.39, 0.29) is 18.5 Å². The van der Waals surface area contributed by atoms with Crippen LogP contribution in [-0.4, -0.2) is 32.3 Å². The van der Waals surface area contributed by atoms with Crippen molar-refractivity contribution in [3.05, 3.63) is 0 Å². The van der Waals surface area contributed by atoms with E-state index in [0.717, 1.165) is 6.42 Å². The molecule has 8 heavy (non-hydrogen) atoms. The van der Waals surface area contributed by atoms with Crippen molar-refractivity contribution < 1.29 is 9.84 Å². The average molecular weight is 112 g/mol. The van der Waals surface area contributed by atoms with Crippen molar-refractivity contribution >= 4 is 7.85 Å². The summed E-state index contributed by atoms with van der Waals surface area (Å²) in [6.07, 6.45) is 0.807. The summed E-state index contributed by atoms with van der Waals surface area (Å²) in [4.78, 5) is 0. The van der Waals surface area contributed by atoms with Gasteiger partial charge in [-0.05, 0) is 6.42 Å². The molecule has 0 saturated carbocycles. The minimum atomic E-state index is 0.00463. The molecule has 1 saturated heterocycles. The monoisotopic (exact) mass is 112 g/mol. The fourth-order valence-corrected chi connectivity index (χ4v) is 0.861. The summed E-state index contributed by atoms with van der Waals surface area (Å²) in [7, 11) is 5.46. The Morgan fingerprint density at radius 3 is 2.75 bits per heavy atom. The highest BCUT2D eigenvalue weighted by Crippen LogP contribution is 2.20. The van der Waals surface area contributed by atoms with Crippen LogP contribution in [0.2, 0.25) is 5.82 Å². The third-order valence-corrected chi connectivity index (χ3v) is 1.32. The minimum absolute atomic E-state index is 0.00463. The van der Waals surface area contributed by atoms with Gasteiger partial charge in [-0.25, -0.2) is 0 Å². The summed E-state index contributed by atoms with van der Waals surface area (Å²) >= 11 is 0. The summed E-state index contributed by atoms with van der Waals surface area (Å²) in [5.74, 6) is 0.146. The van der Waals surface area contributed by atoms with E-state index in [1.807, 2.05) is 0 Å². The number of aliphatic hydroxyl groups excluding tert-OH is 1. The molecule has 1 N–H and O–H groups in total. The highest BCUT2D eigenvalue weighted by atomic mass is 16.5. The highest BCUT2D eigenvalue weighted by Gasteiger charge is 2.19. The smallest absolute Gasteiger partial charge is 0.0801 e. The third kappa shape index (κ3) is 1.23. The molecule has 0 amide bonds. The number of hydrogen-bond acceptors (Lipinski definition) is 2. The molecule has 1 aliphatic rings. The molecule has 1 heterocycles. The second-order valence-corrected chi connectivity index (χ2v) is 2.13. The molecule has 2 unspecified atom stereocenters. The van der Waals surface area contributed by atoms with Crippen LogP contribution in [0.25, 0.3) is 0 Å². The predicted molar refractivity (Wildman–Crippen MR) is 30.9 cm³/mol. The van der Waals surface area contributed by atoms with Gasteiger partial charge in [-0.15, -0.1) is 0 Å². The molecule has 2 atom stereocenters. The van der Waals surface area contributed by atoms with E-state index in [1.54, 1.807) is 0 Å². The molecule has 0 aliphatic carbocycles. The van der Waals surface area contributed by atoms with Gasteiger partial charge in [0.25, 0.3) is 0 Å². The average Bonchev–Trinajstić information content (AvgIpc) is 2.14. The van der Waals surface area contributed by atoms with Gasteiger partial charge in [0.05, 0.1) is 20.6 Å². The van der Waals surface area contributed by atoms with E-state index in [9.17, 15) is 0 Å². The lowest BCUT2D eigenvalue weighted by Gasteiger charge is -2.01. The molecule has 1 rings (SSSR count). The van der Waals surface area contributed by atoms with Crippen LogP contribution in [0.1, 0.15) is 6.42 Å². The van der Waals surface area contributed by atoms with Crippen molar-refractivity contribution in [1.82, 2.24) is 0 Å². The lowest BCUT2D eigenvalue weighted by Crippen LogP contribution is -2.09. The number of aliphatic hydroxyl groups is 1. The Morgan fingerprint density at radius 2 is 2.50 bits per heavy atom. The van der Waals surface area contributed by atoms with Crippen LogP contribution in [0.3, 0.4) is 0 Å². The summed E-state index contributed by atoms with van der Waals surface area (Å²) < 4.78 is 5.04. The molecular weight excluding hydrogens is 103 g/mol. The van der Waals surface area contributed by atoms with Gasteiger partial charge in [-0.2, -0.15) is 0 Å². The van der Waals surface area contributed by atoms with E-state index in [1.165, 1.54) is 0 Å². The van der Waals surface area contributed by atoms with Gasteiger partial charge in [-0.3, -0.25) is 0 Å². The molecule has 0 spiro atoms. The first kappa shape index (κ1) is 6.11. The van der Waals surface area contributed by atoms with E-state index in [4.69, 9.17) is 17.7 Å². The number of rotatable bonds is 1. The van der Waals surface area contributed by atoms with E-state index in [2.05, 4.69) is 0 Å². The topological polar surface area (TPSA) is 29.5 Å². The molecule has 0 bridgehead atoms. The van der Waals surface area contributed by atoms with Gasteiger partial charge in [0.15, 0.2) is 0 Å². The third-order valence-electron chi connectivity index (χ3n) is 1.32. The van der Waals surface area contributed by atoms with E-state index >= 15 is 0 Å². The van der Waals surface area contributed by atoms with Crippen LogP contribution in [0, 0.1) is 0 Å². The molecule has 0 aromatic heterocycles. The number of hydrogen-bond donors (Lipinski definition) is 1. The van der Waals surface area contributed by atoms with Gasteiger partial charge in [0, 0.05) is 6.61 Å². The van der Waals surface area contributed by atoms with Crippen LogP contribution in [0.15, 0.2) is 0 Å². The SMILES string of the molecule is [B]C1COC(CO)C1. The first-order valence-electron chi connectivity index (χ1n) is 2.81. The molecule has 3 heteroatoms. The second-order valence-electron chi connectivity index (χ2n) is 2.13. The molecule has 44 valence electrons. The Labute approximate surface area is 50.3 Å². The maximum atomic E-state index is 8.50. The molecule has 0 aromatic rings. The van der Waals surface area contributed by atoms with Crippen LogP contribution in [-0.2, 0) is 4.74 Å². The van der Waals surface area contributed by atoms with Crippen molar-refractivity contribution in [3.63, 3.8) is 0 Å². The summed E-state index contributed by atoms with van der Waals surface area (Å²) in [6.45, 7) is 0.707. The van der Waals surface area contributed by atoms with Crippen LogP contribution < -0.4 is 0 Å². The summed E-state index contributed by atoms with van der Waals surface area (Å²) in [5.41, 5.74) is 0. The molecular formula is C5H9BO2. The van der Waals surface area contributed by atoms with Gasteiger partial charge >= 0.3 is 0 Å². The van der Waals surface area contributed by atoms with Gasteiger partial charge in [-0.1, -0.05) is 5.82 Å². The zero-order valence-corrected chi connectivity index (χ0v) is 4.71. The minimum Gasteiger partial charge on any atom is -0.394 e. The van der Waals surface area contributed by atoms with Crippen molar-refractivity contribution in [3.8, 4) is 0 Å². The molecule has 1 fully saturated rings. The molecule has 1 aliphatic heterocycles. The lowest BCUT2D eigenvalue weighted by molar-refractivity contribution is 0.0591.